The second-order valence-corrected chi connectivity index (χ2v) is 8.14. The van der Waals surface area contributed by atoms with Crippen molar-refractivity contribution in [3.05, 3.63) is 53.6 Å². The summed E-state index contributed by atoms with van der Waals surface area (Å²) in [4.78, 5) is 12.2. The molecule has 1 aliphatic rings. The molecule has 7 heteroatoms. The normalized spacial score (nSPS) is 13.9. The number of anilines is 3. The van der Waals surface area contributed by atoms with E-state index >= 15 is 0 Å². The van der Waals surface area contributed by atoms with E-state index in [0.29, 0.717) is 23.6 Å². The van der Waals surface area contributed by atoms with Gasteiger partial charge in [-0.1, -0.05) is 18.2 Å². The van der Waals surface area contributed by atoms with Gasteiger partial charge in [0, 0.05) is 17.9 Å². The van der Waals surface area contributed by atoms with Crippen LogP contribution in [0.25, 0.3) is 0 Å². The van der Waals surface area contributed by atoms with Gasteiger partial charge in [-0.25, -0.2) is 13.2 Å². The standard InChI is InChI=1S/C18H21N3O3S/c1-13-5-3-7-15(11-13)19-18(22)20-16-9-8-14-6-4-10-21(17(14)12-16)25(2,23)24/h3,5,7-9,11-12H,4,6,10H2,1-2H3,(H2,19,20,22). The molecule has 0 saturated carbocycles. The number of aryl methyl sites for hydroxylation is 2. The molecule has 2 aromatic carbocycles. The third-order valence-electron chi connectivity index (χ3n) is 4.10. The van der Waals surface area contributed by atoms with Crippen LogP contribution in [0.1, 0.15) is 17.5 Å². The van der Waals surface area contributed by atoms with E-state index in [1.165, 1.54) is 10.6 Å². The van der Waals surface area contributed by atoms with Crippen molar-refractivity contribution in [3.8, 4) is 0 Å². The lowest BCUT2D eigenvalue weighted by atomic mass is 10.0. The van der Waals surface area contributed by atoms with Crippen molar-refractivity contribution in [2.24, 2.45) is 0 Å². The fourth-order valence-electron chi connectivity index (χ4n) is 2.98. The van der Waals surface area contributed by atoms with Gasteiger partial charge in [-0.05, 0) is 55.2 Å². The monoisotopic (exact) mass is 359 g/mol. The van der Waals surface area contributed by atoms with Crippen LogP contribution in [0, 0.1) is 6.92 Å². The van der Waals surface area contributed by atoms with Gasteiger partial charge in [-0.2, -0.15) is 0 Å². The molecule has 2 aromatic rings. The minimum Gasteiger partial charge on any atom is -0.308 e. The van der Waals surface area contributed by atoms with Crippen molar-refractivity contribution in [2.45, 2.75) is 19.8 Å². The summed E-state index contributed by atoms with van der Waals surface area (Å²) in [5.74, 6) is 0. The number of urea groups is 1. The number of rotatable bonds is 3. The molecular weight excluding hydrogens is 338 g/mol. The topological polar surface area (TPSA) is 78.5 Å². The van der Waals surface area contributed by atoms with E-state index in [9.17, 15) is 13.2 Å². The third kappa shape index (κ3) is 4.11. The quantitative estimate of drug-likeness (QED) is 0.882. The molecule has 1 heterocycles. The zero-order chi connectivity index (χ0) is 18.0. The van der Waals surface area contributed by atoms with Crippen LogP contribution in [0.5, 0.6) is 0 Å². The van der Waals surface area contributed by atoms with Crippen LogP contribution in [0.3, 0.4) is 0 Å². The van der Waals surface area contributed by atoms with Crippen molar-refractivity contribution in [1.82, 2.24) is 0 Å². The number of nitrogens with zero attached hydrogens (tertiary/aromatic N) is 1. The number of benzene rings is 2. The first-order valence-electron chi connectivity index (χ1n) is 8.08. The zero-order valence-corrected chi connectivity index (χ0v) is 15.1. The Bertz CT molecular complexity index is 910. The molecule has 3 rings (SSSR count). The third-order valence-corrected chi connectivity index (χ3v) is 5.28. The van der Waals surface area contributed by atoms with Gasteiger partial charge in [0.1, 0.15) is 0 Å². The van der Waals surface area contributed by atoms with Gasteiger partial charge >= 0.3 is 6.03 Å². The summed E-state index contributed by atoms with van der Waals surface area (Å²) in [5, 5.41) is 5.53. The Hall–Kier alpha value is -2.54. The molecule has 0 aromatic heterocycles. The Morgan fingerprint density at radius 2 is 1.80 bits per heavy atom. The first kappa shape index (κ1) is 17.3. The Labute approximate surface area is 147 Å². The number of nitrogens with one attached hydrogen (secondary N) is 2. The van der Waals surface area contributed by atoms with E-state index in [0.717, 1.165) is 24.0 Å². The average Bonchev–Trinajstić information content (AvgIpc) is 2.53. The molecule has 1 aliphatic heterocycles. The second kappa shape index (κ2) is 6.76. The molecular formula is C18H21N3O3S. The predicted molar refractivity (Wildman–Crippen MR) is 101 cm³/mol. The van der Waals surface area contributed by atoms with Crippen molar-refractivity contribution in [3.63, 3.8) is 0 Å². The number of carbonyl (C=O) groups is 1. The number of hydrogen-bond donors (Lipinski definition) is 2. The van der Waals surface area contributed by atoms with Gasteiger partial charge in [-0.15, -0.1) is 0 Å². The van der Waals surface area contributed by atoms with Crippen LogP contribution < -0.4 is 14.9 Å². The molecule has 0 spiro atoms. The summed E-state index contributed by atoms with van der Waals surface area (Å²) in [7, 11) is -3.33. The molecule has 0 bridgehead atoms. The maximum atomic E-state index is 12.2. The van der Waals surface area contributed by atoms with Gasteiger partial charge in [0.25, 0.3) is 0 Å². The highest BCUT2D eigenvalue weighted by Gasteiger charge is 2.24. The molecule has 2 N–H and O–H groups in total. The molecule has 0 radical (unpaired) electrons. The largest absolute Gasteiger partial charge is 0.323 e. The first-order valence-corrected chi connectivity index (χ1v) is 9.93. The SMILES string of the molecule is Cc1cccc(NC(=O)Nc2ccc3c(c2)N(S(C)(=O)=O)CCC3)c1. The maximum absolute atomic E-state index is 12.2. The van der Waals surface area contributed by atoms with E-state index in [1.54, 1.807) is 12.1 Å². The lowest BCUT2D eigenvalue weighted by Crippen LogP contribution is -2.34. The highest BCUT2D eigenvalue weighted by atomic mass is 32.2. The van der Waals surface area contributed by atoms with Crippen molar-refractivity contribution < 1.29 is 13.2 Å². The smallest absolute Gasteiger partial charge is 0.308 e. The van der Waals surface area contributed by atoms with Crippen LogP contribution in [0.4, 0.5) is 21.9 Å². The van der Waals surface area contributed by atoms with E-state index < -0.39 is 10.0 Å². The van der Waals surface area contributed by atoms with Gasteiger partial charge < -0.3 is 10.6 Å². The molecule has 2 amide bonds. The number of sulfonamides is 1. The van der Waals surface area contributed by atoms with Crippen LogP contribution in [-0.4, -0.2) is 27.2 Å². The second-order valence-electron chi connectivity index (χ2n) is 6.23. The van der Waals surface area contributed by atoms with Crippen molar-refractivity contribution in [2.75, 3.05) is 27.7 Å². The van der Waals surface area contributed by atoms with Gasteiger partial charge in [0.15, 0.2) is 0 Å². The van der Waals surface area contributed by atoms with Crippen LogP contribution in [0.15, 0.2) is 42.5 Å². The van der Waals surface area contributed by atoms with Crippen molar-refractivity contribution in [1.29, 1.82) is 0 Å². The molecule has 0 unspecified atom stereocenters. The number of hydrogen-bond acceptors (Lipinski definition) is 3. The minimum atomic E-state index is -3.33. The molecule has 25 heavy (non-hydrogen) atoms. The minimum absolute atomic E-state index is 0.368. The van der Waals surface area contributed by atoms with E-state index in [1.807, 2.05) is 37.3 Å². The first-order chi connectivity index (χ1) is 11.8. The number of fused-ring (bicyclic) bond motifs is 1. The van der Waals surface area contributed by atoms with E-state index in [2.05, 4.69) is 10.6 Å². The van der Waals surface area contributed by atoms with E-state index in [4.69, 9.17) is 0 Å². The molecule has 132 valence electrons. The Kier molecular flexibility index (Phi) is 4.67. The molecule has 0 atom stereocenters. The van der Waals surface area contributed by atoms with Crippen molar-refractivity contribution >= 4 is 33.1 Å². The van der Waals surface area contributed by atoms with E-state index in [-0.39, 0.29) is 6.03 Å². The lowest BCUT2D eigenvalue weighted by molar-refractivity contribution is 0.262. The zero-order valence-electron chi connectivity index (χ0n) is 14.2. The fourth-order valence-corrected chi connectivity index (χ4v) is 3.97. The Morgan fingerprint density at radius 1 is 1.08 bits per heavy atom. The average molecular weight is 359 g/mol. The summed E-state index contributed by atoms with van der Waals surface area (Å²) in [6, 6.07) is 12.5. The fraction of sp³-hybridized carbons (Fsp3) is 0.278. The number of amides is 2. The lowest BCUT2D eigenvalue weighted by Gasteiger charge is -2.29. The molecule has 0 saturated heterocycles. The highest BCUT2D eigenvalue weighted by Crippen LogP contribution is 2.31. The van der Waals surface area contributed by atoms with Gasteiger partial charge in [-0.3, -0.25) is 4.31 Å². The van der Waals surface area contributed by atoms with Gasteiger partial charge in [0.05, 0.1) is 11.9 Å². The maximum Gasteiger partial charge on any atom is 0.323 e. The van der Waals surface area contributed by atoms with Gasteiger partial charge in [0.2, 0.25) is 10.0 Å². The highest BCUT2D eigenvalue weighted by molar-refractivity contribution is 7.92. The summed E-state index contributed by atoms with van der Waals surface area (Å²) in [5.41, 5.74) is 3.92. The summed E-state index contributed by atoms with van der Waals surface area (Å²) >= 11 is 0. The Balaban J connectivity index is 1.79. The molecule has 6 nitrogen and oxygen atoms in total. The Morgan fingerprint density at radius 3 is 2.48 bits per heavy atom. The van der Waals surface area contributed by atoms with Crippen LogP contribution >= 0.6 is 0 Å². The molecule has 0 fully saturated rings. The summed E-state index contributed by atoms with van der Waals surface area (Å²) in [6.45, 7) is 2.41. The predicted octanol–water partition coefficient (Wildman–Crippen LogP) is 3.35. The summed E-state index contributed by atoms with van der Waals surface area (Å²) < 4.78 is 25.4. The van der Waals surface area contributed by atoms with Crippen LogP contribution in [0.2, 0.25) is 0 Å². The summed E-state index contributed by atoms with van der Waals surface area (Å²) in [6.07, 6.45) is 2.82. The molecule has 0 aliphatic carbocycles. The number of carbonyl (C=O) groups excluding carboxylic acids is 1. The van der Waals surface area contributed by atoms with Crippen LogP contribution in [-0.2, 0) is 16.4 Å².